The van der Waals surface area contributed by atoms with Gasteiger partial charge in [-0.25, -0.2) is 0 Å². The summed E-state index contributed by atoms with van der Waals surface area (Å²) in [7, 11) is 0. The maximum Gasteiger partial charge on any atom is 0.159 e. The van der Waals surface area contributed by atoms with Crippen molar-refractivity contribution in [3.8, 4) is 0 Å². The standard InChI is InChI=1S/C6H14N2OS/c7-3-1-2-6(10)9-5-4-8/h1-5,7-8H2. The molecule has 0 aliphatic heterocycles. The molecule has 0 radical (unpaired) electrons. The second kappa shape index (κ2) is 6.92. The monoisotopic (exact) mass is 162 g/mol. The van der Waals surface area contributed by atoms with Gasteiger partial charge in [0.2, 0.25) is 0 Å². The van der Waals surface area contributed by atoms with Crippen LogP contribution in [0.3, 0.4) is 0 Å². The molecule has 0 amide bonds. The summed E-state index contributed by atoms with van der Waals surface area (Å²) >= 11 is 4.85. The average Bonchev–Trinajstić information content (AvgIpc) is 1.97. The molecule has 4 heteroatoms. The third-order valence-corrected chi connectivity index (χ3v) is 1.29. The van der Waals surface area contributed by atoms with Crippen LogP contribution in [0.25, 0.3) is 0 Å². The summed E-state index contributed by atoms with van der Waals surface area (Å²) in [6.45, 7) is 1.69. The van der Waals surface area contributed by atoms with Gasteiger partial charge in [-0.3, -0.25) is 0 Å². The van der Waals surface area contributed by atoms with Gasteiger partial charge in [-0.1, -0.05) is 0 Å². The predicted octanol–water partition coefficient (Wildman–Crippen LogP) is 0.0280. The van der Waals surface area contributed by atoms with Crippen molar-refractivity contribution >= 4 is 17.3 Å². The minimum atomic E-state index is 0.517. The Morgan fingerprint density at radius 1 is 1.30 bits per heavy atom. The number of rotatable bonds is 5. The highest BCUT2D eigenvalue weighted by atomic mass is 32.1. The SMILES string of the molecule is NCCCC(=S)OCCN. The molecule has 0 unspecified atom stereocenters. The lowest BCUT2D eigenvalue weighted by Crippen LogP contribution is -2.13. The van der Waals surface area contributed by atoms with Gasteiger partial charge in [0.15, 0.2) is 5.05 Å². The molecule has 0 aliphatic carbocycles. The summed E-state index contributed by atoms with van der Waals surface area (Å²) in [5.41, 5.74) is 10.5. The summed E-state index contributed by atoms with van der Waals surface area (Å²) in [6.07, 6.45) is 1.66. The van der Waals surface area contributed by atoms with Crippen molar-refractivity contribution in [2.45, 2.75) is 12.8 Å². The predicted molar refractivity (Wildman–Crippen MR) is 45.9 cm³/mol. The molecule has 0 spiro atoms. The lowest BCUT2D eigenvalue weighted by molar-refractivity contribution is 0.314. The molecule has 0 aliphatic rings. The largest absolute Gasteiger partial charge is 0.486 e. The number of thiocarbonyl (C=S) groups is 1. The van der Waals surface area contributed by atoms with E-state index in [1.807, 2.05) is 0 Å². The van der Waals surface area contributed by atoms with Crippen LogP contribution >= 0.6 is 12.2 Å². The zero-order valence-electron chi connectivity index (χ0n) is 6.01. The van der Waals surface area contributed by atoms with Gasteiger partial charge in [-0.05, 0) is 25.2 Å². The van der Waals surface area contributed by atoms with Crippen molar-refractivity contribution in [2.75, 3.05) is 19.7 Å². The molecule has 0 aromatic heterocycles. The molecule has 0 atom stereocenters. The first-order valence-corrected chi connectivity index (χ1v) is 3.78. The molecule has 60 valence electrons. The Morgan fingerprint density at radius 3 is 2.50 bits per heavy atom. The average molecular weight is 162 g/mol. The summed E-state index contributed by atoms with van der Waals surface area (Å²) in [4.78, 5) is 0. The Bertz CT molecular complexity index is 87.7. The fraction of sp³-hybridized carbons (Fsp3) is 0.833. The Morgan fingerprint density at radius 2 is 2.00 bits per heavy atom. The summed E-state index contributed by atoms with van der Waals surface area (Å²) in [5, 5.41) is 0.621. The smallest absolute Gasteiger partial charge is 0.159 e. The van der Waals surface area contributed by atoms with Crippen LogP contribution < -0.4 is 11.5 Å². The van der Waals surface area contributed by atoms with Crippen LogP contribution in [0.4, 0.5) is 0 Å². The quantitative estimate of drug-likeness (QED) is 0.560. The van der Waals surface area contributed by atoms with E-state index < -0.39 is 0 Å². The summed E-state index contributed by atoms with van der Waals surface area (Å²) in [6, 6.07) is 0. The lowest BCUT2D eigenvalue weighted by Gasteiger charge is -2.03. The highest BCUT2D eigenvalue weighted by molar-refractivity contribution is 7.80. The fourth-order valence-electron chi connectivity index (χ4n) is 0.491. The van der Waals surface area contributed by atoms with Crippen LogP contribution in [0.5, 0.6) is 0 Å². The molecule has 0 heterocycles. The van der Waals surface area contributed by atoms with E-state index in [1.165, 1.54) is 0 Å². The zero-order chi connectivity index (χ0) is 7.82. The topological polar surface area (TPSA) is 61.3 Å². The highest BCUT2D eigenvalue weighted by Gasteiger charge is 1.94. The molecule has 0 saturated carbocycles. The Hall–Kier alpha value is -0.190. The van der Waals surface area contributed by atoms with Crippen LogP contribution in [-0.2, 0) is 4.74 Å². The minimum absolute atomic E-state index is 0.517. The van der Waals surface area contributed by atoms with Crippen LogP contribution in [0.2, 0.25) is 0 Å². The number of ether oxygens (including phenoxy) is 1. The molecule has 10 heavy (non-hydrogen) atoms. The van der Waals surface area contributed by atoms with Crippen LogP contribution in [0, 0.1) is 0 Å². The van der Waals surface area contributed by atoms with E-state index in [2.05, 4.69) is 0 Å². The van der Waals surface area contributed by atoms with Gasteiger partial charge in [0.05, 0.1) is 0 Å². The fourth-order valence-corrected chi connectivity index (χ4v) is 0.719. The third-order valence-electron chi connectivity index (χ3n) is 0.966. The molecule has 0 fully saturated rings. The van der Waals surface area contributed by atoms with E-state index in [0.717, 1.165) is 12.8 Å². The molecule has 0 aromatic carbocycles. The van der Waals surface area contributed by atoms with Crippen molar-refractivity contribution in [1.82, 2.24) is 0 Å². The van der Waals surface area contributed by atoms with Gasteiger partial charge in [0, 0.05) is 13.0 Å². The molecule has 0 rings (SSSR count). The molecule has 4 N–H and O–H groups in total. The zero-order valence-corrected chi connectivity index (χ0v) is 6.82. The van der Waals surface area contributed by atoms with Crippen LogP contribution in [0.1, 0.15) is 12.8 Å². The van der Waals surface area contributed by atoms with E-state index in [-0.39, 0.29) is 0 Å². The Balaban J connectivity index is 3.09. The van der Waals surface area contributed by atoms with Gasteiger partial charge >= 0.3 is 0 Å². The first kappa shape index (κ1) is 9.81. The molecular formula is C6H14N2OS. The Labute approximate surface area is 66.7 Å². The van der Waals surface area contributed by atoms with Crippen molar-refractivity contribution < 1.29 is 4.74 Å². The van der Waals surface area contributed by atoms with Crippen molar-refractivity contribution in [1.29, 1.82) is 0 Å². The van der Waals surface area contributed by atoms with E-state index in [9.17, 15) is 0 Å². The normalized spacial score (nSPS) is 9.40. The molecule has 0 bridgehead atoms. The van der Waals surface area contributed by atoms with Crippen molar-refractivity contribution in [3.05, 3.63) is 0 Å². The van der Waals surface area contributed by atoms with Gasteiger partial charge in [-0.2, -0.15) is 0 Å². The first-order chi connectivity index (χ1) is 4.81. The van der Waals surface area contributed by atoms with Crippen molar-refractivity contribution in [3.63, 3.8) is 0 Å². The number of hydrogen-bond acceptors (Lipinski definition) is 4. The maximum atomic E-state index is 5.27. The van der Waals surface area contributed by atoms with Gasteiger partial charge in [0.25, 0.3) is 0 Å². The number of hydrogen-bond donors (Lipinski definition) is 2. The van der Waals surface area contributed by atoms with E-state index in [4.69, 9.17) is 28.4 Å². The maximum absolute atomic E-state index is 5.27. The van der Waals surface area contributed by atoms with E-state index in [1.54, 1.807) is 0 Å². The Kier molecular flexibility index (Phi) is 6.79. The van der Waals surface area contributed by atoms with Gasteiger partial charge < -0.3 is 16.2 Å². The van der Waals surface area contributed by atoms with Gasteiger partial charge in [0.1, 0.15) is 6.61 Å². The first-order valence-electron chi connectivity index (χ1n) is 3.37. The third kappa shape index (κ3) is 5.94. The van der Waals surface area contributed by atoms with E-state index in [0.29, 0.717) is 24.7 Å². The molecule has 0 saturated heterocycles. The summed E-state index contributed by atoms with van der Waals surface area (Å²) in [5.74, 6) is 0. The second-order valence-electron chi connectivity index (χ2n) is 1.90. The molecular weight excluding hydrogens is 148 g/mol. The van der Waals surface area contributed by atoms with Crippen LogP contribution in [-0.4, -0.2) is 24.7 Å². The van der Waals surface area contributed by atoms with Crippen LogP contribution in [0.15, 0.2) is 0 Å². The minimum Gasteiger partial charge on any atom is -0.486 e. The van der Waals surface area contributed by atoms with Crippen molar-refractivity contribution in [2.24, 2.45) is 11.5 Å². The van der Waals surface area contributed by atoms with E-state index >= 15 is 0 Å². The highest BCUT2D eigenvalue weighted by Crippen LogP contribution is 1.92. The second-order valence-corrected chi connectivity index (χ2v) is 2.36. The van der Waals surface area contributed by atoms with Gasteiger partial charge in [-0.15, -0.1) is 0 Å². The molecule has 3 nitrogen and oxygen atoms in total. The summed E-state index contributed by atoms with van der Waals surface area (Å²) < 4.78 is 5.04. The number of nitrogens with two attached hydrogens (primary N) is 2. The molecule has 0 aromatic rings. The lowest BCUT2D eigenvalue weighted by atomic mass is 10.3.